The van der Waals surface area contributed by atoms with E-state index >= 15 is 0 Å². The highest BCUT2D eigenvalue weighted by Gasteiger charge is 2.06. The van der Waals surface area contributed by atoms with Gasteiger partial charge in [-0.05, 0) is 36.2 Å². The van der Waals surface area contributed by atoms with Crippen molar-refractivity contribution < 1.29 is 14.3 Å². The Labute approximate surface area is 136 Å². The van der Waals surface area contributed by atoms with Crippen LogP contribution in [0.25, 0.3) is 0 Å². The van der Waals surface area contributed by atoms with E-state index in [9.17, 15) is 4.79 Å². The van der Waals surface area contributed by atoms with Gasteiger partial charge >= 0.3 is 0 Å². The molecule has 1 aromatic heterocycles. The van der Waals surface area contributed by atoms with Crippen molar-refractivity contribution in [3.63, 3.8) is 0 Å². The lowest BCUT2D eigenvalue weighted by molar-refractivity contribution is 0.0951. The Kier molecular flexibility index (Phi) is 6.41. The normalized spacial score (nSPS) is 10.2. The average molecular weight is 314 g/mol. The first-order valence-corrected chi connectivity index (χ1v) is 7.73. The third kappa shape index (κ3) is 5.29. The number of rotatable bonds is 8. The molecule has 0 aliphatic carbocycles. The predicted octanol–water partition coefficient (Wildman–Crippen LogP) is 3.20. The summed E-state index contributed by atoms with van der Waals surface area (Å²) in [6.45, 7) is 3.24. The monoisotopic (exact) mass is 314 g/mol. The third-order valence-electron chi connectivity index (χ3n) is 3.34. The van der Waals surface area contributed by atoms with Crippen LogP contribution in [0.5, 0.6) is 11.6 Å². The lowest BCUT2D eigenvalue weighted by atomic mass is 10.2. The number of methoxy groups -OCH3 is 1. The zero-order valence-corrected chi connectivity index (χ0v) is 13.5. The molecule has 0 atom stereocenters. The van der Waals surface area contributed by atoms with E-state index in [4.69, 9.17) is 9.47 Å². The smallest absolute Gasteiger partial charge is 0.251 e. The molecular formula is C18H22N2O3. The van der Waals surface area contributed by atoms with Gasteiger partial charge in [-0.15, -0.1) is 0 Å². The molecule has 5 nitrogen and oxygen atoms in total. The summed E-state index contributed by atoms with van der Waals surface area (Å²) in [4.78, 5) is 16.2. The van der Waals surface area contributed by atoms with Crippen LogP contribution in [-0.4, -0.2) is 24.6 Å². The number of pyridine rings is 1. The van der Waals surface area contributed by atoms with E-state index in [1.165, 1.54) is 0 Å². The van der Waals surface area contributed by atoms with Crippen LogP contribution in [0, 0.1) is 0 Å². The Morgan fingerprint density at radius 1 is 1.17 bits per heavy atom. The quantitative estimate of drug-likeness (QED) is 0.760. The number of hydrogen-bond donors (Lipinski definition) is 1. The molecule has 1 N–H and O–H groups in total. The van der Waals surface area contributed by atoms with E-state index in [2.05, 4.69) is 17.2 Å². The Bertz CT molecular complexity index is 609. The molecule has 0 fully saturated rings. The molecule has 2 aromatic rings. The molecule has 23 heavy (non-hydrogen) atoms. The zero-order valence-electron chi connectivity index (χ0n) is 13.5. The Morgan fingerprint density at radius 3 is 2.57 bits per heavy atom. The van der Waals surface area contributed by atoms with Crippen LogP contribution >= 0.6 is 0 Å². The SMILES string of the molecule is CCCCOc1ccc(C(=O)NCc2ccc(OC)nc2)cc1. The summed E-state index contributed by atoms with van der Waals surface area (Å²) in [5.74, 6) is 1.22. The summed E-state index contributed by atoms with van der Waals surface area (Å²) in [6, 6.07) is 10.8. The van der Waals surface area contributed by atoms with Gasteiger partial charge < -0.3 is 14.8 Å². The standard InChI is InChI=1S/C18H22N2O3/c1-3-4-11-23-16-8-6-15(7-9-16)18(21)20-13-14-5-10-17(22-2)19-12-14/h5-10,12H,3-4,11,13H2,1-2H3,(H,20,21). The topological polar surface area (TPSA) is 60.5 Å². The number of nitrogens with one attached hydrogen (secondary N) is 1. The van der Waals surface area contributed by atoms with Crippen LogP contribution in [0.1, 0.15) is 35.7 Å². The highest BCUT2D eigenvalue weighted by molar-refractivity contribution is 5.94. The lowest BCUT2D eigenvalue weighted by Crippen LogP contribution is -2.22. The summed E-state index contributed by atoms with van der Waals surface area (Å²) in [5.41, 5.74) is 1.52. The van der Waals surface area contributed by atoms with Crippen molar-refractivity contribution in [3.05, 3.63) is 53.7 Å². The summed E-state index contributed by atoms with van der Waals surface area (Å²) in [6.07, 6.45) is 3.81. The number of unbranched alkanes of at least 4 members (excludes halogenated alkanes) is 1. The number of carbonyl (C=O) groups excluding carboxylic acids is 1. The number of hydrogen-bond acceptors (Lipinski definition) is 4. The van der Waals surface area contributed by atoms with Crippen molar-refractivity contribution in [1.82, 2.24) is 10.3 Å². The minimum absolute atomic E-state index is 0.124. The molecule has 2 rings (SSSR count). The second-order valence-electron chi connectivity index (χ2n) is 5.12. The van der Waals surface area contributed by atoms with E-state index < -0.39 is 0 Å². The van der Waals surface area contributed by atoms with Gasteiger partial charge in [0.2, 0.25) is 5.88 Å². The van der Waals surface area contributed by atoms with Gasteiger partial charge in [0.1, 0.15) is 5.75 Å². The first-order valence-electron chi connectivity index (χ1n) is 7.73. The van der Waals surface area contributed by atoms with Crippen molar-refractivity contribution in [3.8, 4) is 11.6 Å². The molecule has 0 aliphatic rings. The van der Waals surface area contributed by atoms with Gasteiger partial charge in [0.05, 0.1) is 13.7 Å². The van der Waals surface area contributed by atoms with E-state index in [0.29, 0.717) is 24.6 Å². The molecule has 0 spiro atoms. The molecule has 0 radical (unpaired) electrons. The van der Waals surface area contributed by atoms with Crippen molar-refractivity contribution in [2.45, 2.75) is 26.3 Å². The van der Waals surface area contributed by atoms with Crippen LogP contribution in [0.15, 0.2) is 42.6 Å². The summed E-state index contributed by atoms with van der Waals surface area (Å²) in [5, 5.41) is 2.86. The van der Waals surface area contributed by atoms with Crippen LogP contribution in [0.2, 0.25) is 0 Å². The predicted molar refractivity (Wildman–Crippen MR) is 88.8 cm³/mol. The van der Waals surface area contributed by atoms with E-state index in [1.54, 1.807) is 31.5 Å². The van der Waals surface area contributed by atoms with Crippen LogP contribution in [-0.2, 0) is 6.54 Å². The van der Waals surface area contributed by atoms with Crippen molar-refractivity contribution in [2.24, 2.45) is 0 Å². The zero-order chi connectivity index (χ0) is 16.5. The molecule has 0 saturated heterocycles. The minimum atomic E-state index is -0.124. The first-order chi connectivity index (χ1) is 11.2. The van der Waals surface area contributed by atoms with E-state index in [0.717, 1.165) is 24.2 Å². The fourth-order valence-corrected chi connectivity index (χ4v) is 1.96. The van der Waals surface area contributed by atoms with Crippen LogP contribution in [0.4, 0.5) is 0 Å². The fourth-order valence-electron chi connectivity index (χ4n) is 1.96. The maximum absolute atomic E-state index is 12.1. The second kappa shape index (κ2) is 8.78. The van der Waals surface area contributed by atoms with Gasteiger partial charge in [-0.25, -0.2) is 4.98 Å². The average Bonchev–Trinajstić information content (AvgIpc) is 2.61. The maximum atomic E-state index is 12.1. The molecule has 5 heteroatoms. The fraction of sp³-hybridized carbons (Fsp3) is 0.333. The number of carbonyl (C=O) groups is 1. The molecule has 1 heterocycles. The van der Waals surface area contributed by atoms with Gasteiger partial charge in [-0.2, -0.15) is 0 Å². The maximum Gasteiger partial charge on any atom is 0.251 e. The number of benzene rings is 1. The molecule has 1 amide bonds. The van der Waals surface area contributed by atoms with Gasteiger partial charge in [0, 0.05) is 24.4 Å². The number of ether oxygens (including phenoxy) is 2. The molecule has 0 aliphatic heterocycles. The Balaban J connectivity index is 1.84. The second-order valence-corrected chi connectivity index (χ2v) is 5.12. The Hall–Kier alpha value is -2.56. The molecule has 1 aromatic carbocycles. The minimum Gasteiger partial charge on any atom is -0.494 e. The van der Waals surface area contributed by atoms with Crippen molar-refractivity contribution in [1.29, 1.82) is 0 Å². The Morgan fingerprint density at radius 2 is 1.96 bits per heavy atom. The van der Waals surface area contributed by atoms with Crippen LogP contribution < -0.4 is 14.8 Å². The molecule has 0 saturated carbocycles. The van der Waals surface area contributed by atoms with E-state index in [1.807, 2.05) is 18.2 Å². The van der Waals surface area contributed by atoms with Gasteiger partial charge in [-0.1, -0.05) is 19.4 Å². The molecule has 122 valence electrons. The number of amides is 1. The third-order valence-corrected chi connectivity index (χ3v) is 3.34. The highest BCUT2D eigenvalue weighted by atomic mass is 16.5. The molecule has 0 bridgehead atoms. The van der Waals surface area contributed by atoms with Crippen molar-refractivity contribution >= 4 is 5.91 Å². The van der Waals surface area contributed by atoms with Gasteiger partial charge in [0.25, 0.3) is 5.91 Å². The first kappa shape index (κ1) is 16.8. The van der Waals surface area contributed by atoms with Crippen LogP contribution in [0.3, 0.4) is 0 Å². The summed E-state index contributed by atoms with van der Waals surface area (Å²) < 4.78 is 10.6. The van der Waals surface area contributed by atoms with Gasteiger partial charge in [0.15, 0.2) is 0 Å². The lowest BCUT2D eigenvalue weighted by Gasteiger charge is -2.08. The highest BCUT2D eigenvalue weighted by Crippen LogP contribution is 2.13. The number of nitrogens with zero attached hydrogens (tertiary/aromatic N) is 1. The summed E-state index contributed by atoms with van der Waals surface area (Å²) in [7, 11) is 1.57. The molecule has 0 unspecified atom stereocenters. The van der Waals surface area contributed by atoms with E-state index in [-0.39, 0.29) is 5.91 Å². The summed E-state index contributed by atoms with van der Waals surface area (Å²) >= 11 is 0. The van der Waals surface area contributed by atoms with Gasteiger partial charge in [-0.3, -0.25) is 4.79 Å². The number of aromatic nitrogens is 1. The molecular weight excluding hydrogens is 292 g/mol. The van der Waals surface area contributed by atoms with Crippen molar-refractivity contribution in [2.75, 3.05) is 13.7 Å². The largest absolute Gasteiger partial charge is 0.494 e.